The smallest absolute Gasteiger partial charge is 0.148 e. The molecule has 1 aromatic rings. The fourth-order valence-corrected chi connectivity index (χ4v) is 1.40. The molecule has 4 N–H and O–H groups in total. The summed E-state index contributed by atoms with van der Waals surface area (Å²) in [6.07, 6.45) is 0.616. The van der Waals surface area contributed by atoms with Crippen LogP contribution in [-0.4, -0.2) is 37.3 Å². The minimum atomic E-state index is 0.111. The summed E-state index contributed by atoms with van der Waals surface area (Å²) < 4.78 is 0. The lowest BCUT2D eigenvalue weighted by Gasteiger charge is -2.12. The molecule has 0 aromatic carbocycles. The van der Waals surface area contributed by atoms with E-state index in [0.717, 1.165) is 5.69 Å². The van der Waals surface area contributed by atoms with Gasteiger partial charge in [0.1, 0.15) is 23.3 Å². The second-order valence-electron chi connectivity index (χ2n) is 3.39. The van der Waals surface area contributed by atoms with E-state index >= 15 is 0 Å². The summed E-state index contributed by atoms with van der Waals surface area (Å²) in [7, 11) is 3.53. The fraction of sp³-hybridized carbons (Fsp3) is 0.455. The first-order chi connectivity index (χ1) is 8.26. The van der Waals surface area contributed by atoms with Crippen molar-refractivity contribution in [3.63, 3.8) is 0 Å². The van der Waals surface area contributed by atoms with Crippen molar-refractivity contribution in [2.45, 2.75) is 6.42 Å². The van der Waals surface area contributed by atoms with Gasteiger partial charge in [0, 0.05) is 33.3 Å². The number of aliphatic hydroxyl groups is 1. The van der Waals surface area contributed by atoms with E-state index in [1.165, 1.54) is 0 Å². The summed E-state index contributed by atoms with van der Waals surface area (Å²) in [5, 5.41) is 26.8. The molecule has 0 amide bonds. The Labute approximate surface area is 101 Å². The summed E-state index contributed by atoms with van der Waals surface area (Å²) in [5.74, 6) is 1.21. The maximum atomic E-state index is 9.11. The van der Waals surface area contributed by atoms with Crippen molar-refractivity contribution in [3.8, 4) is 6.07 Å². The standard InChI is InChI=1S/C11H17N5O/c1-13-9-6-10(14-2)16-11(8(9)7-12)15-4-3-5-17/h6,17H,3-5H2,1-2H3,(H3,13,14,15,16). The van der Waals surface area contributed by atoms with Gasteiger partial charge in [-0.2, -0.15) is 5.26 Å². The normalized spacial score (nSPS) is 9.53. The molecule has 1 rings (SSSR count). The average molecular weight is 235 g/mol. The Bertz CT molecular complexity index is 413. The van der Waals surface area contributed by atoms with Gasteiger partial charge in [0.25, 0.3) is 0 Å². The maximum absolute atomic E-state index is 9.11. The Balaban J connectivity index is 3.03. The van der Waals surface area contributed by atoms with Crippen LogP contribution in [0.4, 0.5) is 17.3 Å². The van der Waals surface area contributed by atoms with E-state index in [4.69, 9.17) is 10.4 Å². The summed E-state index contributed by atoms with van der Waals surface area (Å²) in [6, 6.07) is 3.89. The van der Waals surface area contributed by atoms with Gasteiger partial charge in [-0.15, -0.1) is 0 Å². The largest absolute Gasteiger partial charge is 0.396 e. The molecule has 0 saturated carbocycles. The zero-order valence-corrected chi connectivity index (χ0v) is 10.0. The number of rotatable bonds is 6. The highest BCUT2D eigenvalue weighted by atomic mass is 16.3. The highest BCUT2D eigenvalue weighted by Gasteiger charge is 2.10. The van der Waals surface area contributed by atoms with Gasteiger partial charge < -0.3 is 21.1 Å². The third-order valence-corrected chi connectivity index (χ3v) is 2.28. The zero-order valence-electron chi connectivity index (χ0n) is 10.0. The molecule has 6 nitrogen and oxygen atoms in total. The second-order valence-corrected chi connectivity index (χ2v) is 3.39. The second kappa shape index (κ2) is 6.55. The van der Waals surface area contributed by atoms with Crippen LogP contribution < -0.4 is 16.0 Å². The molecule has 1 aromatic heterocycles. The van der Waals surface area contributed by atoms with Crippen molar-refractivity contribution < 1.29 is 5.11 Å². The van der Waals surface area contributed by atoms with Gasteiger partial charge in [0.15, 0.2) is 0 Å². The zero-order chi connectivity index (χ0) is 12.7. The monoisotopic (exact) mass is 235 g/mol. The van der Waals surface area contributed by atoms with Crippen molar-refractivity contribution in [1.29, 1.82) is 5.26 Å². The number of aliphatic hydroxyl groups excluding tert-OH is 1. The molecular formula is C11H17N5O. The van der Waals surface area contributed by atoms with Crippen LogP contribution in [0.5, 0.6) is 0 Å². The number of anilines is 3. The Kier molecular flexibility index (Phi) is 5.04. The first kappa shape index (κ1) is 13.1. The molecule has 92 valence electrons. The third kappa shape index (κ3) is 3.23. The molecular weight excluding hydrogens is 218 g/mol. The van der Waals surface area contributed by atoms with E-state index < -0.39 is 0 Å². The van der Waals surface area contributed by atoms with Gasteiger partial charge in [0.05, 0.1) is 5.69 Å². The van der Waals surface area contributed by atoms with E-state index in [9.17, 15) is 0 Å². The maximum Gasteiger partial charge on any atom is 0.148 e. The predicted molar refractivity (Wildman–Crippen MR) is 68.2 cm³/mol. The van der Waals surface area contributed by atoms with Crippen LogP contribution in [0.25, 0.3) is 0 Å². The molecule has 0 spiro atoms. The molecule has 0 aliphatic heterocycles. The molecule has 0 unspecified atom stereocenters. The summed E-state index contributed by atoms with van der Waals surface area (Å²) in [4.78, 5) is 4.28. The lowest BCUT2D eigenvalue weighted by Crippen LogP contribution is -2.09. The van der Waals surface area contributed by atoms with Crippen LogP contribution in [0.3, 0.4) is 0 Å². The molecule has 0 atom stereocenters. The van der Waals surface area contributed by atoms with Crippen molar-refractivity contribution >= 4 is 17.3 Å². The van der Waals surface area contributed by atoms with E-state index in [1.54, 1.807) is 20.2 Å². The molecule has 0 aliphatic carbocycles. The van der Waals surface area contributed by atoms with Crippen LogP contribution in [0.15, 0.2) is 6.07 Å². The molecule has 0 radical (unpaired) electrons. The van der Waals surface area contributed by atoms with Gasteiger partial charge in [-0.3, -0.25) is 0 Å². The lowest BCUT2D eigenvalue weighted by molar-refractivity contribution is 0.292. The van der Waals surface area contributed by atoms with Crippen LogP contribution >= 0.6 is 0 Å². The Morgan fingerprint density at radius 1 is 1.41 bits per heavy atom. The third-order valence-electron chi connectivity index (χ3n) is 2.28. The molecule has 0 saturated heterocycles. The SMILES string of the molecule is CNc1cc(NC)c(C#N)c(NCCCO)n1. The number of aromatic nitrogens is 1. The first-order valence-corrected chi connectivity index (χ1v) is 5.42. The van der Waals surface area contributed by atoms with E-state index in [-0.39, 0.29) is 6.61 Å². The number of pyridine rings is 1. The topological polar surface area (TPSA) is 93.0 Å². The van der Waals surface area contributed by atoms with Crippen LogP contribution in [0.1, 0.15) is 12.0 Å². The van der Waals surface area contributed by atoms with Crippen LogP contribution in [-0.2, 0) is 0 Å². The quantitative estimate of drug-likeness (QED) is 0.546. The predicted octanol–water partition coefficient (Wildman–Crippen LogP) is 0.831. The molecule has 0 fully saturated rings. The summed E-state index contributed by atoms with van der Waals surface area (Å²) in [6.45, 7) is 0.688. The van der Waals surface area contributed by atoms with E-state index in [2.05, 4.69) is 27.0 Å². The number of nitrogens with one attached hydrogen (secondary N) is 3. The molecule has 6 heteroatoms. The lowest BCUT2D eigenvalue weighted by atomic mass is 10.2. The van der Waals surface area contributed by atoms with Crippen LogP contribution in [0.2, 0.25) is 0 Å². The van der Waals surface area contributed by atoms with Crippen LogP contribution in [0, 0.1) is 11.3 Å². The Morgan fingerprint density at radius 2 is 2.18 bits per heavy atom. The Hall–Kier alpha value is -2.00. The highest BCUT2D eigenvalue weighted by molar-refractivity contribution is 5.71. The average Bonchev–Trinajstić information content (AvgIpc) is 2.37. The summed E-state index contributed by atoms with van der Waals surface area (Å²) in [5.41, 5.74) is 1.20. The van der Waals surface area contributed by atoms with Gasteiger partial charge >= 0.3 is 0 Å². The van der Waals surface area contributed by atoms with Crippen molar-refractivity contribution in [2.24, 2.45) is 0 Å². The minimum Gasteiger partial charge on any atom is -0.396 e. The first-order valence-electron chi connectivity index (χ1n) is 5.42. The number of nitrogens with zero attached hydrogens (tertiary/aromatic N) is 2. The van der Waals surface area contributed by atoms with E-state index in [0.29, 0.717) is 30.2 Å². The molecule has 17 heavy (non-hydrogen) atoms. The van der Waals surface area contributed by atoms with Crippen molar-refractivity contribution in [1.82, 2.24) is 4.98 Å². The molecule has 0 aliphatic rings. The van der Waals surface area contributed by atoms with E-state index in [1.807, 2.05) is 0 Å². The number of hydrogen-bond acceptors (Lipinski definition) is 6. The fourth-order valence-electron chi connectivity index (χ4n) is 1.40. The van der Waals surface area contributed by atoms with Gasteiger partial charge in [-0.25, -0.2) is 4.98 Å². The number of nitriles is 1. The summed E-state index contributed by atoms with van der Waals surface area (Å²) >= 11 is 0. The minimum absolute atomic E-state index is 0.111. The van der Waals surface area contributed by atoms with Crippen molar-refractivity contribution in [2.75, 3.05) is 43.2 Å². The molecule has 1 heterocycles. The van der Waals surface area contributed by atoms with Gasteiger partial charge in [-0.1, -0.05) is 0 Å². The highest BCUT2D eigenvalue weighted by Crippen LogP contribution is 2.24. The van der Waals surface area contributed by atoms with Crippen molar-refractivity contribution in [3.05, 3.63) is 11.6 Å². The van der Waals surface area contributed by atoms with Gasteiger partial charge in [0.2, 0.25) is 0 Å². The molecule has 0 bridgehead atoms. The van der Waals surface area contributed by atoms with Gasteiger partial charge in [-0.05, 0) is 6.42 Å². The number of hydrogen-bond donors (Lipinski definition) is 4. The Morgan fingerprint density at radius 3 is 2.71 bits per heavy atom.